The molecule has 112 valence electrons. The summed E-state index contributed by atoms with van der Waals surface area (Å²) in [6.07, 6.45) is -4.06. The number of halogens is 3. The summed E-state index contributed by atoms with van der Waals surface area (Å²) in [6.45, 7) is 3.49. The van der Waals surface area contributed by atoms with Crippen LogP contribution in [-0.4, -0.2) is 32.0 Å². The summed E-state index contributed by atoms with van der Waals surface area (Å²) in [6, 6.07) is 4.75. The topological polar surface area (TPSA) is 47.6 Å². The molecule has 0 aliphatic rings. The quantitative estimate of drug-likeness (QED) is 0.786. The largest absolute Gasteiger partial charge is 0.573 e. The third kappa shape index (κ3) is 6.42. The van der Waals surface area contributed by atoms with Crippen molar-refractivity contribution in [3.05, 3.63) is 29.8 Å². The Labute approximate surface area is 114 Å². The lowest BCUT2D eigenvalue weighted by Gasteiger charge is -2.09. The second kappa shape index (κ2) is 7.74. The zero-order valence-corrected chi connectivity index (χ0v) is 11.0. The molecule has 0 saturated heterocycles. The van der Waals surface area contributed by atoms with Crippen LogP contribution in [0.4, 0.5) is 13.2 Å². The molecule has 0 atom stereocenters. The molecule has 0 fully saturated rings. The summed E-state index contributed by atoms with van der Waals surface area (Å²) in [5.41, 5.74) is 0.274. The Hall–Kier alpha value is -1.76. The third-order valence-corrected chi connectivity index (χ3v) is 2.31. The Kier molecular flexibility index (Phi) is 6.30. The fourth-order valence-electron chi connectivity index (χ4n) is 1.43. The van der Waals surface area contributed by atoms with Crippen molar-refractivity contribution in [1.82, 2.24) is 5.32 Å². The van der Waals surface area contributed by atoms with E-state index in [-0.39, 0.29) is 17.2 Å². The second-order valence-electron chi connectivity index (χ2n) is 3.88. The van der Waals surface area contributed by atoms with E-state index in [2.05, 4.69) is 10.1 Å². The highest BCUT2D eigenvalue weighted by Gasteiger charge is 2.31. The molecule has 0 saturated carbocycles. The number of ether oxygens (including phenoxy) is 2. The van der Waals surface area contributed by atoms with E-state index in [0.717, 1.165) is 12.1 Å². The molecule has 0 heterocycles. The van der Waals surface area contributed by atoms with Gasteiger partial charge in [-0.15, -0.1) is 13.2 Å². The lowest BCUT2D eigenvalue weighted by atomic mass is 10.2. The predicted molar refractivity (Wildman–Crippen MR) is 66.6 cm³/mol. The average molecular weight is 291 g/mol. The van der Waals surface area contributed by atoms with Crippen LogP contribution in [0.15, 0.2) is 24.3 Å². The van der Waals surface area contributed by atoms with Gasteiger partial charge in [-0.3, -0.25) is 4.79 Å². The standard InChI is InChI=1S/C13H16F3NO3/c1-2-19-9-3-8-17-12(18)10-4-6-11(7-5-10)20-13(14,15)16/h4-7H,2-3,8-9H2,1H3,(H,17,18). The molecule has 7 heteroatoms. The highest BCUT2D eigenvalue weighted by molar-refractivity contribution is 5.94. The molecule has 0 unspecified atom stereocenters. The van der Waals surface area contributed by atoms with Gasteiger partial charge >= 0.3 is 6.36 Å². The predicted octanol–water partition coefficient (Wildman–Crippen LogP) is 2.74. The van der Waals surface area contributed by atoms with Gasteiger partial charge in [0.1, 0.15) is 5.75 Å². The minimum atomic E-state index is -4.73. The molecular weight excluding hydrogens is 275 g/mol. The fourth-order valence-corrected chi connectivity index (χ4v) is 1.43. The maximum atomic E-state index is 12.0. The lowest BCUT2D eigenvalue weighted by molar-refractivity contribution is -0.274. The monoisotopic (exact) mass is 291 g/mol. The molecular formula is C13H16F3NO3. The number of benzene rings is 1. The van der Waals surface area contributed by atoms with Gasteiger partial charge in [0.25, 0.3) is 5.91 Å². The van der Waals surface area contributed by atoms with Crippen molar-refractivity contribution < 1.29 is 27.4 Å². The van der Waals surface area contributed by atoms with Crippen LogP contribution in [0, 0.1) is 0 Å². The molecule has 1 rings (SSSR count). The zero-order chi connectivity index (χ0) is 15.0. The number of nitrogens with one attached hydrogen (secondary N) is 1. The van der Waals surface area contributed by atoms with Gasteiger partial charge in [-0.05, 0) is 37.6 Å². The van der Waals surface area contributed by atoms with Crippen molar-refractivity contribution in [3.63, 3.8) is 0 Å². The van der Waals surface area contributed by atoms with Gasteiger partial charge in [-0.1, -0.05) is 0 Å². The molecule has 0 spiro atoms. The summed E-state index contributed by atoms with van der Waals surface area (Å²) in [5, 5.41) is 2.64. The first-order valence-electron chi connectivity index (χ1n) is 6.14. The summed E-state index contributed by atoms with van der Waals surface area (Å²) in [5.74, 6) is -0.703. The van der Waals surface area contributed by atoms with Crippen LogP contribution < -0.4 is 10.1 Å². The van der Waals surface area contributed by atoms with Crippen molar-refractivity contribution in [2.45, 2.75) is 19.7 Å². The van der Waals surface area contributed by atoms with Crippen molar-refractivity contribution in [2.75, 3.05) is 19.8 Å². The smallest absolute Gasteiger partial charge is 0.406 e. The highest BCUT2D eigenvalue weighted by atomic mass is 19.4. The fraction of sp³-hybridized carbons (Fsp3) is 0.462. The minimum Gasteiger partial charge on any atom is -0.406 e. The molecule has 0 radical (unpaired) electrons. The van der Waals surface area contributed by atoms with Crippen molar-refractivity contribution >= 4 is 5.91 Å². The van der Waals surface area contributed by atoms with Gasteiger partial charge in [0.2, 0.25) is 0 Å². The van der Waals surface area contributed by atoms with Crippen LogP contribution in [0.3, 0.4) is 0 Å². The maximum Gasteiger partial charge on any atom is 0.573 e. The van der Waals surface area contributed by atoms with Crippen LogP contribution in [-0.2, 0) is 4.74 Å². The van der Waals surface area contributed by atoms with E-state index in [9.17, 15) is 18.0 Å². The lowest BCUT2D eigenvalue weighted by Crippen LogP contribution is -2.25. The van der Waals surface area contributed by atoms with Gasteiger partial charge in [-0.2, -0.15) is 0 Å². The molecule has 1 amide bonds. The van der Waals surface area contributed by atoms with Gasteiger partial charge in [0, 0.05) is 25.3 Å². The summed E-state index contributed by atoms with van der Waals surface area (Å²) < 4.78 is 44.7. The Morgan fingerprint density at radius 3 is 2.45 bits per heavy atom. The molecule has 0 bridgehead atoms. The van der Waals surface area contributed by atoms with E-state index in [1.807, 2.05) is 6.92 Å². The molecule has 0 aliphatic carbocycles. The first-order chi connectivity index (χ1) is 9.42. The summed E-state index contributed by atoms with van der Waals surface area (Å²) in [4.78, 5) is 11.7. The first-order valence-corrected chi connectivity index (χ1v) is 6.14. The van der Waals surface area contributed by atoms with Crippen LogP contribution in [0.2, 0.25) is 0 Å². The van der Waals surface area contributed by atoms with E-state index in [1.165, 1.54) is 12.1 Å². The van der Waals surface area contributed by atoms with Gasteiger partial charge < -0.3 is 14.8 Å². The van der Waals surface area contributed by atoms with Crippen molar-refractivity contribution in [3.8, 4) is 5.75 Å². The number of hydrogen-bond acceptors (Lipinski definition) is 3. The molecule has 0 aliphatic heterocycles. The number of amides is 1. The van der Waals surface area contributed by atoms with E-state index < -0.39 is 6.36 Å². The number of alkyl halides is 3. The molecule has 4 nitrogen and oxygen atoms in total. The van der Waals surface area contributed by atoms with Crippen LogP contribution in [0.1, 0.15) is 23.7 Å². The molecule has 1 aromatic carbocycles. The normalized spacial score (nSPS) is 11.2. The number of rotatable bonds is 7. The molecule has 0 aromatic heterocycles. The SMILES string of the molecule is CCOCCCNC(=O)c1ccc(OC(F)(F)F)cc1. The summed E-state index contributed by atoms with van der Waals surface area (Å²) >= 11 is 0. The summed E-state index contributed by atoms with van der Waals surface area (Å²) in [7, 11) is 0. The second-order valence-corrected chi connectivity index (χ2v) is 3.88. The van der Waals surface area contributed by atoms with Crippen molar-refractivity contribution in [1.29, 1.82) is 0 Å². The Bertz CT molecular complexity index is 418. The molecule has 20 heavy (non-hydrogen) atoms. The number of carbonyl (C=O) groups excluding carboxylic acids is 1. The Balaban J connectivity index is 2.41. The highest BCUT2D eigenvalue weighted by Crippen LogP contribution is 2.22. The van der Waals surface area contributed by atoms with E-state index >= 15 is 0 Å². The van der Waals surface area contributed by atoms with E-state index in [4.69, 9.17) is 4.74 Å². The van der Waals surface area contributed by atoms with Gasteiger partial charge in [0.05, 0.1) is 0 Å². The third-order valence-electron chi connectivity index (χ3n) is 2.31. The maximum absolute atomic E-state index is 12.0. The first kappa shape index (κ1) is 16.3. The minimum absolute atomic E-state index is 0.274. The van der Waals surface area contributed by atoms with Crippen LogP contribution in [0.25, 0.3) is 0 Å². The number of hydrogen-bond donors (Lipinski definition) is 1. The van der Waals surface area contributed by atoms with Crippen LogP contribution >= 0.6 is 0 Å². The number of carbonyl (C=O) groups is 1. The Morgan fingerprint density at radius 1 is 1.25 bits per heavy atom. The molecule has 1 aromatic rings. The van der Waals surface area contributed by atoms with Crippen LogP contribution in [0.5, 0.6) is 5.75 Å². The zero-order valence-electron chi connectivity index (χ0n) is 11.0. The average Bonchev–Trinajstić information content (AvgIpc) is 2.37. The Morgan fingerprint density at radius 2 is 1.90 bits per heavy atom. The van der Waals surface area contributed by atoms with Gasteiger partial charge in [-0.25, -0.2) is 0 Å². The molecule has 1 N–H and O–H groups in total. The van der Waals surface area contributed by atoms with E-state index in [0.29, 0.717) is 26.2 Å². The van der Waals surface area contributed by atoms with E-state index in [1.54, 1.807) is 0 Å². The van der Waals surface area contributed by atoms with Crippen molar-refractivity contribution in [2.24, 2.45) is 0 Å². The van der Waals surface area contributed by atoms with Gasteiger partial charge in [0.15, 0.2) is 0 Å².